The smallest absolute Gasteiger partial charge is 0.280 e. The van der Waals surface area contributed by atoms with Gasteiger partial charge in [0.05, 0.1) is 9.26 Å². The van der Waals surface area contributed by atoms with E-state index in [1.54, 1.807) is 0 Å². The highest BCUT2D eigenvalue weighted by atomic mass is 127. The molecular formula is C7H8F2IN3. The van der Waals surface area contributed by atoms with Crippen molar-refractivity contribution in [2.75, 3.05) is 5.73 Å². The number of anilines is 1. The predicted molar refractivity (Wildman–Crippen MR) is 54.2 cm³/mol. The Kier molecular flexibility index (Phi) is 3.37. The molecule has 0 aliphatic carbocycles. The number of halogens is 3. The first kappa shape index (κ1) is 10.6. The highest BCUT2D eigenvalue weighted by Crippen LogP contribution is 2.27. The molecule has 0 radical (unpaired) electrons. The summed E-state index contributed by atoms with van der Waals surface area (Å²) in [7, 11) is 0. The topological polar surface area (TPSA) is 64.9 Å². The Bertz CT molecular complexity index is 317. The third-order valence-electron chi connectivity index (χ3n) is 1.62. The quantitative estimate of drug-likeness (QED) is 0.816. The Balaban J connectivity index is 3.30. The van der Waals surface area contributed by atoms with Crippen molar-refractivity contribution >= 4 is 28.3 Å². The molecule has 72 valence electrons. The maximum absolute atomic E-state index is 12.4. The Labute approximate surface area is 87.7 Å². The van der Waals surface area contributed by atoms with Crippen molar-refractivity contribution in [3.05, 3.63) is 21.0 Å². The summed E-state index contributed by atoms with van der Waals surface area (Å²) in [5.74, 6) is 0. The van der Waals surface area contributed by atoms with Crippen LogP contribution in [-0.4, -0.2) is 4.98 Å². The van der Waals surface area contributed by atoms with Gasteiger partial charge >= 0.3 is 0 Å². The summed E-state index contributed by atoms with van der Waals surface area (Å²) in [5.41, 5.74) is 11.1. The average Bonchev–Trinajstić information content (AvgIpc) is 2.09. The molecule has 0 saturated carbocycles. The van der Waals surface area contributed by atoms with Crippen molar-refractivity contribution in [2.24, 2.45) is 5.73 Å². The maximum atomic E-state index is 12.4. The van der Waals surface area contributed by atoms with Crippen LogP contribution in [0.25, 0.3) is 0 Å². The number of hydrogen-bond acceptors (Lipinski definition) is 3. The molecule has 6 heteroatoms. The number of pyridine rings is 1. The van der Waals surface area contributed by atoms with Gasteiger partial charge in [0, 0.05) is 18.3 Å². The van der Waals surface area contributed by atoms with Crippen LogP contribution in [0.15, 0.2) is 6.20 Å². The second-order valence-electron chi connectivity index (χ2n) is 2.39. The van der Waals surface area contributed by atoms with Gasteiger partial charge in [-0.15, -0.1) is 0 Å². The van der Waals surface area contributed by atoms with Crippen molar-refractivity contribution in [1.82, 2.24) is 4.98 Å². The van der Waals surface area contributed by atoms with E-state index in [1.807, 2.05) is 22.6 Å². The van der Waals surface area contributed by atoms with Crippen LogP contribution < -0.4 is 11.5 Å². The maximum Gasteiger partial charge on any atom is 0.280 e. The average molecular weight is 299 g/mol. The van der Waals surface area contributed by atoms with Crippen LogP contribution >= 0.6 is 22.6 Å². The zero-order valence-corrected chi connectivity index (χ0v) is 8.76. The first-order chi connectivity index (χ1) is 6.07. The molecule has 0 bridgehead atoms. The van der Waals surface area contributed by atoms with Gasteiger partial charge < -0.3 is 11.5 Å². The van der Waals surface area contributed by atoms with Crippen LogP contribution in [0, 0.1) is 3.57 Å². The van der Waals surface area contributed by atoms with Crippen molar-refractivity contribution < 1.29 is 8.78 Å². The highest BCUT2D eigenvalue weighted by molar-refractivity contribution is 14.1. The van der Waals surface area contributed by atoms with Crippen LogP contribution in [0.4, 0.5) is 14.5 Å². The Hall–Kier alpha value is -0.500. The summed E-state index contributed by atoms with van der Waals surface area (Å²) < 4.78 is 25.3. The van der Waals surface area contributed by atoms with E-state index in [1.165, 1.54) is 6.20 Å². The minimum atomic E-state index is -2.63. The Morgan fingerprint density at radius 1 is 1.54 bits per heavy atom. The largest absolute Gasteiger partial charge is 0.398 e. The Morgan fingerprint density at radius 2 is 2.15 bits per heavy atom. The van der Waals surface area contributed by atoms with E-state index in [4.69, 9.17) is 11.5 Å². The second kappa shape index (κ2) is 4.14. The molecule has 1 rings (SSSR count). The predicted octanol–water partition coefficient (Wildman–Crippen LogP) is 1.66. The van der Waals surface area contributed by atoms with Gasteiger partial charge in [-0.2, -0.15) is 0 Å². The van der Waals surface area contributed by atoms with Gasteiger partial charge in [0.2, 0.25) is 0 Å². The molecule has 0 aliphatic heterocycles. The minimum absolute atomic E-state index is 0.0185. The van der Waals surface area contributed by atoms with Gasteiger partial charge in [0.1, 0.15) is 5.69 Å². The summed E-state index contributed by atoms with van der Waals surface area (Å²) in [6, 6.07) is 0. The lowest BCUT2D eigenvalue weighted by atomic mass is 10.1. The Morgan fingerprint density at radius 3 is 2.62 bits per heavy atom. The fourth-order valence-electron chi connectivity index (χ4n) is 0.958. The lowest BCUT2D eigenvalue weighted by molar-refractivity contribution is 0.145. The van der Waals surface area contributed by atoms with Gasteiger partial charge in [0.15, 0.2) is 0 Å². The van der Waals surface area contributed by atoms with Crippen LogP contribution in [0.2, 0.25) is 0 Å². The van der Waals surface area contributed by atoms with Gasteiger partial charge in [-0.25, -0.2) is 8.78 Å². The second-order valence-corrected chi connectivity index (χ2v) is 3.55. The summed E-state index contributed by atoms with van der Waals surface area (Å²) in [4.78, 5) is 3.59. The van der Waals surface area contributed by atoms with Crippen LogP contribution in [-0.2, 0) is 6.54 Å². The lowest BCUT2D eigenvalue weighted by Gasteiger charge is -2.09. The van der Waals surface area contributed by atoms with Crippen molar-refractivity contribution in [2.45, 2.75) is 13.0 Å². The SMILES string of the molecule is NCc1c(C(F)F)ncc(I)c1N. The van der Waals surface area contributed by atoms with E-state index in [0.29, 0.717) is 9.26 Å². The van der Waals surface area contributed by atoms with E-state index in [2.05, 4.69) is 4.98 Å². The van der Waals surface area contributed by atoms with Crippen molar-refractivity contribution in [3.8, 4) is 0 Å². The molecule has 0 aliphatic rings. The summed E-state index contributed by atoms with van der Waals surface area (Å²) in [6.07, 6.45) is -1.31. The third kappa shape index (κ3) is 2.05. The van der Waals surface area contributed by atoms with Gasteiger partial charge in [-0.1, -0.05) is 0 Å². The minimum Gasteiger partial charge on any atom is -0.398 e. The van der Waals surface area contributed by atoms with E-state index in [9.17, 15) is 8.78 Å². The first-order valence-corrected chi connectivity index (χ1v) is 4.56. The molecule has 0 saturated heterocycles. The molecule has 0 aromatic carbocycles. The van der Waals surface area contributed by atoms with E-state index < -0.39 is 6.43 Å². The van der Waals surface area contributed by atoms with Gasteiger partial charge in [-0.05, 0) is 22.6 Å². The number of hydrogen-bond donors (Lipinski definition) is 2. The zero-order valence-electron chi connectivity index (χ0n) is 6.60. The van der Waals surface area contributed by atoms with Gasteiger partial charge in [-0.3, -0.25) is 4.98 Å². The van der Waals surface area contributed by atoms with Crippen molar-refractivity contribution in [1.29, 1.82) is 0 Å². The third-order valence-corrected chi connectivity index (χ3v) is 2.48. The van der Waals surface area contributed by atoms with Gasteiger partial charge in [0.25, 0.3) is 6.43 Å². The van der Waals surface area contributed by atoms with E-state index in [-0.39, 0.29) is 17.8 Å². The molecule has 0 fully saturated rings. The molecule has 3 nitrogen and oxygen atoms in total. The molecule has 13 heavy (non-hydrogen) atoms. The molecule has 4 N–H and O–H groups in total. The molecule has 0 atom stereocenters. The van der Waals surface area contributed by atoms with Crippen LogP contribution in [0.5, 0.6) is 0 Å². The molecule has 1 aromatic rings. The summed E-state index contributed by atoms with van der Waals surface area (Å²) in [5, 5.41) is 0. The number of nitrogens with zero attached hydrogens (tertiary/aromatic N) is 1. The standard InChI is InChI=1S/C7H8F2IN3/c8-7(9)6-3(1-11)5(12)4(10)2-13-6/h2,7H,1,11H2,(H2,12,13). The molecule has 1 aromatic heterocycles. The number of nitrogens with two attached hydrogens (primary N) is 2. The molecule has 0 spiro atoms. The molecule has 0 unspecified atom stereocenters. The summed E-state index contributed by atoms with van der Waals surface area (Å²) >= 11 is 1.93. The van der Waals surface area contributed by atoms with Crippen LogP contribution in [0.1, 0.15) is 17.7 Å². The normalized spacial score (nSPS) is 10.8. The number of nitrogen functional groups attached to an aromatic ring is 1. The molecule has 0 amide bonds. The monoisotopic (exact) mass is 299 g/mol. The highest BCUT2D eigenvalue weighted by Gasteiger charge is 2.17. The van der Waals surface area contributed by atoms with Crippen LogP contribution in [0.3, 0.4) is 0 Å². The van der Waals surface area contributed by atoms with E-state index in [0.717, 1.165) is 0 Å². The number of alkyl halides is 2. The number of rotatable bonds is 2. The molecule has 1 heterocycles. The fourth-order valence-corrected chi connectivity index (χ4v) is 1.42. The summed E-state index contributed by atoms with van der Waals surface area (Å²) in [6.45, 7) is -0.0185. The first-order valence-electron chi connectivity index (χ1n) is 3.49. The lowest BCUT2D eigenvalue weighted by Crippen LogP contribution is -2.09. The van der Waals surface area contributed by atoms with E-state index >= 15 is 0 Å². The molecular weight excluding hydrogens is 291 g/mol. The zero-order chi connectivity index (χ0) is 10.0. The fraction of sp³-hybridized carbons (Fsp3) is 0.286. The number of aromatic nitrogens is 1. The van der Waals surface area contributed by atoms with Crippen molar-refractivity contribution in [3.63, 3.8) is 0 Å².